The van der Waals surface area contributed by atoms with Crippen LogP contribution in [0.4, 0.5) is 0 Å². The van der Waals surface area contributed by atoms with Gasteiger partial charge in [-0.1, -0.05) is 79.2 Å². The fourth-order valence-corrected chi connectivity index (χ4v) is 4.32. The van der Waals surface area contributed by atoms with Gasteiger partial charge >= 0.3 is 5.97 Å². The molecule has 2 N–H and O–H groups in total. The first-order valence-electron chi connectivity index (χ1n) is 10.7. The van der Waals surface area contributed by atoms with Crippen molar-refractivity contribution in [1.82, 2.24) is 0 Å². The lowest BCUT2D eigenvalue weighted by molar-refractivity contribution is -0.131. The second kappa shape index (κ2) is 10.7. The monoisotopic (exact) mass is 415 g/mol. The summed E-state index contributed by atoms with van der Waals surface area (Å²) >= 11 is 0. The van der Waals surface area contributed by atoms with Gasteiger partial charge in [-0.25, -0.2) is 0 Å². The van der Waals surface area contributed by atoms with E-state index in [9.17, 15) is 9.59 Å². The molecule has 3 rings (SSSR count). The lowest BCUT2D eigenvalue weighted by atomic mass is 9.63. The average Bonchev–Trinajstić information content (AvgIpc) is 2.80. The van der Waals surface area contributed by atoms with Gasteiger partial charge in [0.15, 0.2) is 0 Å². The number of esters is 1. The van der Waals surface area contributed by atoms with Crippen molar-refractivity contribution in [3.8, 4) is 5.75 Å². The molecule has 0 saturated heterocycles. The maximum atomic E-state index is 13.1. The zero-order chi connectivity index (χ0) is 22.1. The Morgan fingerprint density at radius 1 is 0.935 bits per heavy atom. The minimum atomic E-state index is -0.937. The van der Waals surface area contributed by atoms with E-state index in [1.54, 1.807) is 6.07 Å². The fourth-order valence-electron chi connectivity index (χ4n) is 4.32. The molecular weight excluding hydrogens is 386 g/mol. The SMILES string of the molecule is CC(=O)Oc1cccc(C(C=O)(c2ccccc2)C(CCCCN)c2ccccc2)c1. The van der Waals surface area contributed by atoms with Crippen molar-refractivity contribution in [2.24, 2.45) is 5.73 Å². The standard InChI is InChI=1S/C27H29NO3/c1-21(30)31-25-16-10-15-24(19-25)27(20-29,23-13-6-3-7-14-23)26(17-8-9-18-28)22-11-4-2-5-12-22/h2-7,10-16,19-20,26H,8-9,17-18,28H2,1H3. The van der Waals surface area contributed by atoms with E-state index in [1.807, 2.05) is 66.7 Å². The van der Waals surface area contributed by atoms with Crippen LogP contribution in [-0.2, 0) is 15.0 Å². The summed E-state index contributed by atoms with van der Waals surface area (Å²) in [6.07, 6.45) is 3.64. The van der Waals surface area contributed by atoms with Crippen LogP contribution in [-0.4, -0.2) is 18.8 Å². The molecule has 3 aromatic rings. The molecule has 0 bridgehead atoms. The summed E-state index contributed by atoms with van der Waals surface area (Å²) in [5, 5.41) is 0. The van der Waals surface area contributed by atoms with Crippen molar-refractivity contribution in [3.05, 3.63) is 102 Å². The van der Waals surface area contributed by atoms with E-state index in [4.69, 9.17) is 10.5 Å². The molecule has 2 unspecified atom stereocenters. The molecule has 3 aromatic carbocycles. The molecule has 4 nitrogen and oxygen atoms in total. The summed E-state index contributed by atoms with van der Waals surface area (Å²) in [6, 6.07) is 27.3. The lowest BCUT2D eigenvalue weighted by Crippen LogP contribution is -2.37. The normalized spacial score (nSPS) is 13.7. The van der Waals surface area contributed by atoms with Gasteiger partial charge in [-0.2, -0.15) is 0 Å². The summed E-state index contributed by atoms with van der Waals surface area (Å²) in [4.78, 5) is 24.6. The fraction of sp³-hybridized carbons (Fsp3) is 0.259. The van der Waals surface area contributed by atoms with Crippen LogP contribution in [0.25, 0.3) is 0 Å². The van der Waals surface area contributed by atoms with Crippen molar-refractivity contribution >= 4 is 12.3 Å². The number of rotatable bonds is 10. The molecule has 2 atom stereocenters. The first-order chi connectivity index (χ1) is 15.1. The molecular formula is C27H29NO3. The first-order valence-corrected chi connectivity index (χ1v) is 10.7. The Bertz CT molecular complexity index is 988. The Hall–Kier alpha value is -3.24. The predicted octanol–water partition coefficient (Wildman–Crippen LogP) is 5.01. The van der Waals surface area contributed by atoms with Crippen LogP contribution in [0.15, 0.2) is 84.9 Å². The Morgan fingerprint density at radius 2 is 1.58 bits per heavy atom. The Kier molecular flexibility index (Phi) is 7.74. The van der Waals surface area contributed by atoms with E-state index in [1.165, 1.54) is 6.92 Å². The molecule has 0 spiro atoms. The van der Waals surface area contributed by atoms with Gasteiger partial charge < -0.3 is 15.3 Å². The number of aldehydes is 1. The van der Waals surface area contributed by atoms with E-state index in [0.717, 1.165) is 42.2 Å². The van der Waals surface area contributed by atoms with Gasteiger partial charge in [-0.3, -0.25) is 4.79 Å². The van der Waals surface area contributed by atoms with Crippen molar-refractivity contribution < 1.29 is 14.3 Å². The molecule has 0 fully saturated rings. The molecule has 160 valence electrons. The molecule has 0 aliphatic heterocycles. The van der Waals surface area contributed by atoms with E-state index in [-0.39, 0.29) is 5.92 Å². The second-order valence-electron chi connectivity index (χ2n) is 7.72. The maximum Gasteiger partial charge on any atom is 0.308 e. The van der Waals surface area contributed by atoms with E-state index in [2.05, 4.69) is 12.1 Å². The highest BCUT2D eigenvalue weighted by Gasteiger charge is 2.42. The zero-order valence-electron chi connectivity index (χ0n) is 17.9. The third-order valence-corrected chi connectivity index (χ3v) is 5.71. The van der Waals surface area contributed by atoms with E-state index < -0.39 is 11.4 Å². The minimum absolute atomic E-state index is 0.104. The summed E-state index contributed by atoms with van der Waals surface area (Å²) in [5.74, 6) is -0.0650. The van der Waals surface area contributed by atoms with Gasteiger partial charge in [0.1, 0.15) is 12.0 Å². The highest BCUT2D eigenvalue weighted by atomic mass is 16.5. The van der Waals surface area contributed by atoms with Gasteiger partial charge in [0.2, 0.25) is 0 Å². The first kappa shape index (κ1) is 22.4. The maximum absolute atomic E-state index is 13.1. The molecule has 0 aliphatic rings. The molecule has 31 heavy (non-hydrogen) atoms. The molecule has 0 amide bonds. The number of hydrogen-bond acceptors (Lipinski definition) is 4. The number of unbranched alkanes of at least 4 members (excludes halogenated alkanes) is 1. The molecule has 4 heteroatoms. The minimum Gasteiger partial charge on any atom is -0.427 e. The number of nitrogens with two attached hydrogens (primary N) is 1. The summed E-state index contributed by atoms with van der Waals surface area (Å²) in [5.41, 5.74) is 7.63. The van der Waals surface area contributed by atoms with Crippen LogP contribution in [0.3, 0.4) is 0 Å². The van der Waals surface area contributed by atoms with Gasteiger partial charge in [0, 0.05) is 12.8 Å². The third-order valence-electron chi connectivity index (χ3n) is 5.71. The van der Waals surface area contributed by atoms with E-state index in [0.29, 0.717) is 12.3 Å². The van der Waals surface area contributed by atoms with Crippen molar-refractivity contribution in [2.45, 2.75) is 37.5 Å². The third kappa shape index (κ3) is 5.09. The van der Waals surface area contributed by atoms with Crippen LogP contribution >= 0.6 is 0 Å². The molecule has 0 heterocycles. The van der Waals surface area contributed by atoms with Gasteiger partial charge in [-0.15, -0.1) is 0 Å². The molecule has 0 radical (unpaired) electrons. The Labute approximate surface area is 184 Å². The number of carbonyl (C=O) groups excluding carboxylic acids is 2. The Morgan fingerprint density at radius 3 is 2.19 bits per heavy atom. The van der Waals surface area contributed by atoms with Crippen LogP contribution < -0.4 is 10.5 Å². The largest absolute Gasteiger partial charge is 0.427 e. The lowest BCUT2D eigenvalue weighted by Gasteiger charge is -2.38. The average molecular weight is 416 g/mol. The summed E-state index contributed by atoms with van der Waals surface area (Å²) in [7, 11) is 0. The van der Waals surface area contributed by atoms with Gasteiger partial charge in [0.05, 0.1) is 5.41 Å². The summed E-state index contributed by atoms with van der Waals surface area (Å²) < 4.78 is 5.34. The smallest absolute Gasteiger partial charge is 0.308 e. The molecule has 0 aromatic heterocycles. The zero-order valence-corrected chi connectivity index (χ0v) is 17.9. The summed E-state index contributed by atoms with van der Waals surface area (Å²) in [6.45, 7) is 1.99. The second-order valence-corrected chi connectivity index (χ2v) is 7.72. The van der Waals surface area contributed by atoms with Crippen LogP contribution in [0, 0.1) is 0 Å². The number of carbonyl (C=O) groups is 2. The highest BCUT2D eigenvalue weighted by Crippen LogP contribution is 2.46. The highest BCUT2D eigenvalue weighted by molar-refractivity contribution is 5.78. The van der Waals surface area contributed by atoms with Crippen LogP contribution in [0.2, 0.25) is 0 Å². The van der Waals surface area contributed by atoms with Gasteiger partial charge in [-0.05, 0) is 48.2 Å². The number of benzene rings is 3. The van der Waals surface area contributed by atoms with Crippen LogP contribution in [0.1, 0.15) is 48.8 Å². The van der Waals surface area contributed by atoms with Crippen LogP contribution in [0.5, 0.6) is 5.75 Å². The number of hydrogen-bond donors (Lipinski definition) is 1. The van der Waals surface area contributed by atoms with E-state index >= 15 is 0 Å². The molecule has 0 saturated carbocycles. The van der Waals surface area contributed by atoms with Crippen molar-refractivity contribution in [2.75, 3.05) is 6.54 Å². The van der Waals surface area contributed by atoms with Gasteiger partial charge in [0.25, 0.3) is 0 Å². The topological polar surface area (TPSA) is 69.4 Å². The van der Waals surface area contributed by atoms with Crippen molar-refractivity contribution in [3.63, 3.8) is 0 Å². The molecule has 0 aliphatic carbocycles. The number of ether oxygens (including phenoxy) is 1. The Balaban J connectivity index is 2.23. The quantitative estimate of drug-likeness (QED) is 0.219. The predicted molar refractivity (Wildman–Crippen MR) is 123 cm³/mol. The van der Waals surface area contributed by atoms with Crippen molar-refractivity contribution in [1.29, 1.82) is 0 Å².